The number of hydrogen-bond donors (Lipinski definition) is 1. The van der Waals surface area contributed by atoms with E-state index in [-0.39, 0.29) is 5.56 Å². The molecule has 2 nitrogen and oxygen atoms in total. The van der Waals surface area contributed by atoms with Gasteiger partial charge in [0.05, 0.1) is 10.6 Å². The van der Waals surface area contributed by atoms with Crippen molar-refractivity contribution in [1.29, 1.82) is 0 Å². The fraction of sp³-hybridized carbons (Fsp3) is 0.222. The maximum Gasteiger partial charge on any atom is 0.254 e. The van der Waals surface area contributed by atoms with Gasteiger partial charge >= 0.3 is 0 Å². The van der Waals surface area contributed by atoms with E-state index in [1.807, 2.05) is 0 Å². The van der Waals surface area contributed by atoms with E-state index in [4.69, 9.17) is 11.6 Å². The van der Waals surface area contributed by atoms with E-state index in [1.54, 1.807) is 6.92 Å². The van der Waals surface area contributed by atoms with Gasteiger partial charge in [0.1, 0.15) is 5.82 Å². The molecule has 1 aromatic rings. The summed E-state index contributed by atoms with van der Waals surface area (Å²) in [6, 6.07) is 2.47. The molecule has 0 unspecified atom stereocenters. The third kappa shape index (κ3) is 2.45. The van der Waals surface area contributed by atoms with Gasteiger partial charge in [-0.1, -0.05) is 11.6 Å². The van der Waals surface area contributed by atoms with E-state index >= 15 is 0 Å². The minimum Gasteiger partial charge on any atom is -0.352 e. The lowest BCUT2D eigenvalue weighted by Gasteiger charge is -2.05. The van der Waals surface area contributed by atoms with Gasteiger partial charge in [0.2, 0.25) is 0 Å². The van der Waals surface area contributed by atoms with E-state index in [0.717, 1.165) is 0 Å². The Morgan fingerprint density at radius 2 is 2.29 bits per heavy atom. The van der Waals surface area contributed by atoms with Crippen LogP contribution in [0.1, 0.15) is 17.3 Å². The molecule has 0 aromatic heterocycles. The van der Waals surface area contributed by atoms with Crippen LogP contribution < -0.4 is 5.32 Å². The second-order valence-electron chi connectivity index (χ2n) is 2.61. The molecule has 76 valence electrons. The molecule has 0 bridgehead atoms. The first-order valence-corrected chi connectivity index (χ1v) is 5.16. The van der Waals surface area contributed by atoms with Crippen molar-refractivity contribution < 1.29 is 9.18 Å². The summed E-state index contributed by atoms with van der Waals surface area (Å²) < 4.78 is 13.7. The average molecular weight is 281 g/mol. The summed E-state index contributed by atoms with van der Waals surface area (Å²) in [6.45, 7) is 2.21. The summed E-state index contributed by atoms with van der Waals surface area (Å²) in [7, 11) is 0. The van der Waals surface area contributed by atoms with Gasteiger partial charge in [-0.05, 0) is 35.0 Å². The first-order chi connectivity index (χ1) is 6.56. The lowest BCUT2D eigenvalue weighted by molar-refractivity contribution is 0.0952. The average Bonchev–Trinajstić information content (AvgIpc) is 2.11. The highest BCUT2D eigenvalue weighted by Gasteiger charge is 2.13. The van der Waals surface area contributed by atoms with E-state index < -0.39 is 11.7 Å². The van der Waals surface area contributed by atoms with E-state index in [2.05, 4.69) is 21.2 Å². The summed E-state index contributed by atoms with van der Waals surface area (Å²) >= 11 is 8.80. The largest absolute Gasteiger partial charge is 0.352 e. The highest BCUT2D eigenvalue weighted by Crippen LogP contribution is 2.25. The monoisotopic (exact) mass is 279 g/mol. The predicted molar refractivity (Wildman–Crippen MR) is 57.1 cm³/mol. The number of rotatable bonds is 2. The predicted octanol–water partition coefficient (Wildman–Crippen LogP) is 2.99. The first kappa shape index (κ1) is 11.5. The van der Waals surface area contributed by atoms with E-state index in [1.165, 1.54) is 12.1 Å². The van der Waals surface area contributed by atoms with Gasteiger partial charge in [-0.2, -0.15) is 0 Å². The molecule has 0 aliphatic carbocycles. The minimum atomic E-state index is -0.591. The number of carbonyl (C=O) groups excluding carboxylic acids is 1. The number of nitrogens with one attached hydrogen (secondary N) is 1. The molecular formula is C9H8BrClFNO. The van der Waals surface area contributed by atoms with Crippen LogP contribution in [0.5, 0.6) is 0 Å². The zero-order valence-electron chi connectivity index (χ0n) is 7.40. The van der Waals surface area contributed by atoms with Crippen molar-refractivity contribution in [2.75, 3.05) is 6.54 Å². The molecule has 1 aromatic carbocycles. The molecule has 14 heavy (non-hydrogen) atoms. The molecule has 0 atom stereocenters. The lowest BCUT2D eigenvalue weighted by atomic mass is 10.2. The molecule has 0 radical (unpaired) electrons. The Morgan fingerprint density at radius 3 is 2.86 bits per heavy atom. The Balaban J connectivity index is 3.09. The van der Waals surface area contributed by atoms with Crippen LogP contribution in [0.4, 0.5) is 4.39 Å². The topological polar surface area (TPSA) is 29.1 Å². The second-order valence-corrected chi connectivity index (χ2v) is 3.87. The lowest BCUT2D eigenvalue weighted by Crippen LogP contribution is -2.23. The number of carbonyl (C=O) groups is 1. The maximum absolute atomic E-state index is 13.3. The summed E-state index contributed by atoms with van der Waals surface area (Å²) in [5.41, 5.74) is -0.0416. The van der Waals surface area contributed by atoms with Crippen molar-refractivity contribution in [3.8, 4) is 0 Å². The summed E-state index contributed by atoms with van der Waals surface area (Å²) in [6.07, 6.45) is 0. The van der Waals surface area contributed by atoms with Crippen LogP contribution >= 0.6 is 27.5 Å². The standard InChI is InChI=1S/C9H8BrClFNO/c1-2-13-9(14)5-3-7(11)6(10)4-8(5)12/h3-4H,2H2,1H3,(H,13,14). The number of hydrogen-bond acceptors (Lipinski definition) is 1. The Labute approximate surface area is 94.6 Å². The van der Waals surface area contributed by atoms with Crippen LogP contribution in [0.25, 0.3) is 0 Å². The van der Waals surface area contributed by atoms with Crippen molar-refractivity contribution in [2.45, 2.75) is 6.92 Å². The summed E-state index contributed by atoms with van der Waals surface area (Å²) in [5, 5.41) is 2.81. The Morgan fingerprint density at radius 1 is 1.64 bits per heavy atom. The molecule has 0 spiro atoms. The molecule has 0 saturated carbocycles. The third-order valence-electron chi connectivity index (χ3n) is 1.59. The van der Waals surface area contributed by atoms with Crippen LogP contribution in [0, 0.1) is 5.82 Å². The second kappa shape index (κ2) is 4.75. The quantitative estimate of drug-likeness (QED) is 0.829. The van der Waals surface area contributed by atoms with Crippen molar-refractivity contribution in [2.24, 2.45) is 0 Å². The van der Waals surface area contributed by atoms with Crippen LogP contribution in [0.3, 0.4) is 0 Å². The molecule has 1 N–H and O–H groups in total. The van der Waals surface area contributed by atoms with Gasteiger partial charge in [0.15, 0.2) is 0 Å². The van der Waals surface area contributed by atoms with E-state index in [0.29, 0.717) is 16.0 Å². The zero-order chi connectivity index (χ0) is 10.7. The van der Waals surface area contributed by atoms with Crippen LogP contribution in [0.15, 0.2) is 16.6 Å². The molecule has 0 aliphatic heterocycles. The molecule has 5 heteroatoms. The fourth-order valence-corrected chi connectivity index (χ4v) is 1.43. The highest BCUT2D eigenvalue weighted by molar-refractivity contribution is 9.10. The summed E-state index contributed by atoms with van der Waals surface area (Å²) in [4.78, 5) is 11.3. The van der Waals surface area contributed by atoms with Gasteiger partial charge in [-0.15, -0.1) is 0 Å². The highest BCUT2D eigenvalue weighted by atomic mass is 79.9. The van der Waals surface area contributed by atoms with Gasteiger partial charge < -0.3 is 5.32 Å². The minimum absolute atomic E-state index is 0.0416. The molecular weight excluding hydrogens is 272 g/mol. The van der Waals surface area contributed by atoms with Gasteiger partial charge in [0.25, 0.3) is 5.91 Å². The number of amides is 1. The van der Waals surface area contributed by atoms with Gasteiger partial charge in [-0.25, -0.2) is 4.39 Å². The first-order valence-electron chi connectivity index (χ1n) is 3.99. The Hall–Kier alpha value is -0.610. The van der Waals surface area contributed by atoms with Crippen molar-refractivity contribution >= 4 is 33.4 Å². The molecule has 0 fully saturated rings. The number of benzene rings is 1. The van der Waals surface area contributed by atoms with E-state index in [9.17, 15) is 9.18 Å². The molecule has 0 saturated heterocycles. The zero-order valence-corrected chi connectivity index (χ0v) is 9.75. The summed E-state index contributed by atoms with van der Waals surface area (Å²) in [5.74, 6) is -1.05. The SMILES string of the molecule is CCNC(=O)c1cc(Cl)c(Br)cc1F. The number of halogens is 3. The van der Waals surface area contributed by atoms with Gasteiger partial charge in [0, 0.05) is 11.0 Å². The molecule has 1 rings (SSSR count). The smallest absolute Gasteiger partial charge is 0.254 e. The normalized spacial score (nSPS) is 10.0. The Bertz CT molecular complexity index is 370. The molecule has 0 aliphatic rings. The Kier molecular flexibility index (Phi) is 3.89. The van der Waals surface area contributed by atoms with Crippen molar-refractivity contribution in [3.05, 3.63) is 33.0 Å². The molecule has 0 heterocycles. The fourth-order valence-electron chi connectivity index (χ4n) is 0.952. The van der Waals surface area contributed by atoms with Crippen LogP contribution in [0.2, 0.25) is 5.02 Å². The third-order valence-corrected chi connectivity index (χ3v) is 2.79. The van der Waals surface area contributed by atoms with Crippen LogP contribution in [-0.4, -0.2) is 12.5 Å². The van der Waals surface area contributed by atoms with Crippen molar-refractivity contribution in [3.63, 3.8) is 0 Å². The van der Waals surface area contributed by atoms with Crippen molar-refractivity contribution in [1.82, 2.24) is 5.32 Å². The van der Waals surface area contributed by atoms with Gasteiger partial charge in [-0.3, -0.25) is 4.79 Å². The van der Waals surface area contributed by atoms with Crippen LogP contribution in [-0.2, 0) is 0 Å². The molecule has 1 amide bonds. The maximum atomic E-state index is 13.3.